The Morgan fingerprint density at radius 2 is 1.90 bits per heavy atom. The van der Waals surface area contributed by atoms with Gasteiger partial charge in [-0.1, -0.05) is 0 Å². The van der Waals surface area contributed by atoms with Crippen molar-refractivity contribution < 1.29 is 9.90 Å². The maximum absolute atomic E-state index is 10.2. The number of nitrogens with zero attached hydrogens (tertiary/aromatic N) is 1. The third kappa shape index (κ3) is 2.85. The van der Waals surface area contributed by atoms with Gasteiger partial charge >= 0.3 is 54.9 Å². The summed E-state index contributed by atoms with van der Waals surface area (Å²) in [5.74, 6) is -0.919. The molecule has 0 amide bonds. The molecule has 4 heteroatoms. The molecule has 0 fully saturated rings. The number of carboxylic acid groups (broad SMARTS) is 1. The molecule has 0 bridgehead atoms. The summed E-state index contributed by atoms with van der Waals surface area (Å²) >= 11 is 0. The van der Waals surface area contributed by atoms with Gasteiger partial charge < -0.3 is 5.11 Å². The Labute approximate surface area is 98.5 Å². The molecule has 0 spiro atoms. The van der Waals surface area contributed by atoms with Gasteiger partial charge in [-0.3, -0.25) is 4.98 Å². The predicted octanol–water partition coefficient (Wildman–Crippen LogP) is -0.136. The van der Waals surface area contributed by atoms with Crippen LogP contribution in [-0.4, -0.2) is 64.9 Å². The molecule has 1 heterocycles. The van der Waals surface area contributed by atoms with Crippen molar-refractivity contribution in [3.05, 3.63) is 30.1 Å². The molecule has 0 aliphatic heterocycles. The third-order valence-electron chi connectivity index (χ3n) is 0.927. The van der Waals surface area contributed by atoms with Crippen LogP contribution in [0.5, 0.6) is 0 Å². The quantitative estimate of drug-likeness (QED) is 0.717. The molecule has 1 aromatic rings. The number of rotatable bonds is 1. The summed E-state index contributed by atoms with van der Waals surface area (Å²) in [4.78, 5) is 13.8. The molecule has 0 aliphatic carbocycles. The normalized spacial score (nSPS) is 8.00. The number of carboxylic acids is 1. The molecular formula is C6H7BaNO2. The van der Waals surface area contributed by atoms with Crippen LogP contribution in [0.4, 0.5) is 0 Å². The molecule has 0 radical (unpaired) electrons. The molecule has 1 N–H and O–H groups in total. The van der Waals surface area contributed by atoms with Crippen molar-refractivity contribution >= 4 is 54.9 Å². The van der Waals surface area contributed by atoms with Crippen molar-refractivity contribution in [3.63, 3.8) is 0 Å². The van der Waals surface area contributed by atoms with Gasteiger partial charge in [0.15, 0.2) is 0 Å². The van der Waals surface area contributed by atoms with Crippen molar-refractivity contribution in [3.8, 4) is 0 Å². The molecule has 50 valence electrons. The van der Waals surface area contributed by atoms with Gasteiger partial charge in [-0.05, 0) is 12.1 Å². The molecule has 10 heavy (non-hydrogen) atoms. The topological polar surface area (TPSA) is 50.2 Å². The molecule has 0 aliphatic rings. The Morgan fingerprint density at radius 3 is 2.20 bits per heavy atom. The first kappa shape index (κ1) is 10.2. The van der Waals surface area contributed by atoms with Crippen molar-refractivity contribution in [2.45, 2.75) is 0 Å². The Kier molecular flexibility index (Phi) is 5.02. The van der Waals surface area contributed by atoms with E-state index in [1.54, 1.807) is 0 Å². The van der Waals surface area contributed by atoms with E-state index in [4.69, 9.17) is 5.11 Å². The maximum atomic E-state index is 10.2. The molecule has 1 rings (SSSR count). The number of hydrogen-bond donors (Lipinski definition) is 1. The Morgan fingerprint density at radius 1 is 1.40 bits per heavy atom. The minimum absolute atomic E-state index is 0. The second kappa shape index (κ2) is 4.92. The van der Waals surface area contributed by atoms with E-state index >= 15 is 0 Å². The van der Waals surface area contributed by atoms with Gasteiger partial charge in [0.25, 0.3) is 0 Å². The second-order valence-electron chi connectivity index (χ2n) is 1.54. The number of hydrogen-bond acceptors (Lipinski definition) is 2. The number of aromatic carboxylic acids is 1. The van der Waals surface area contributed by atoms with E-state index in [1.165, 1.54) is 24.5 Å². The monoisotopic (exact) mass is 263 g/mol. The van der Waals surface area contributed by atoms with Crippen molar-refractivity contribution in [1.82, 2.24) is 4.98 Å². The van der Waals surface area contributed by atoms with Gasteiger partial charge in [-0.2, -0.15) is 0 Å². The van der Waals surface area contributed by atoms with Crippen LogP contribution in [0.1, 0.15) is 10.4 Å². The van der Waals surface area contributed by atoms with Crippen LogP contribution in [-0.2, 0) is 0 Å². The van der Waals surface area contributed by atoms with Gasteiger partial charge in [0.05, 0.1) is 5.56 Å². The van der Waals surface area contributed by atoms with E-state index in [1.807, 2.05) is 0 Å². The standard InChI is InChI=1S/C6H5NO2.Ba.2H/c8-6(9)5-1-3-7-4-2-5;;;/h1-4H,(H,8,9);;;. The molecule has 0 aromatic carbocycles. The van der Waals surface area contributed by atoms with E-state index < -0.39 is 5.97 Å². The van der Waals surface area contributed by atoms with Crippen LogP contribution in [0.15, 0.2) is 24.5 Å². The molecule has 3 nitrogen and oxygen atoms in total. The minimum atomic E-state index is -0.919. The fraction of sp³-hybridized carbons (Fsp3) is 0. The summed E-state index contributed by atoms with van der Waals surface area (Å²) in [5.41, 5.74) is 0.269. The number of pyridine rings is 1. The van der Waals surface area contributed by atoms with E-state index in [0.29, 0.717) is 0 Å². The molecule has 0 saturated heterocycles. The molecule has 0 atom stereocenters. The fourth-order valence-corrected chi connectivity index (χ4v) is 0.494. The van der Waals surface area contributed by atoms with Crippen LogP contribution in [0.3, 0.4) is 0 Å². The zero-order valence-corrected chi connectivity index (χ0v) is 4.61. The van der Waals surface area contributed by atoms with E-state index in [9.17, 15) is 4.79 Å². The van der Waals surface area contributed by atoms with Crippen LogP contribution in [0.2, 0.25) is 0 Å². The van der Waals surface area contributed by atoms with E-state index in [2.05, 4.69) is 4.98 Å². The number of carbonyl (C=O) groups is 1. The SMILES string of the molecule is O=C(O)c1ccncc1.[BaH2]. The van der Waals surface area contributed by atoms with Crippen LogP contribution < -0.4 is 0 Å². The van der Waals surface area contributed by atoms with Gasteiger partial charge in [0.2, 0.25) is 0 Å². The van der Waals surface area contributed by atoms with Gasteiger partial charge in [-0.25, -0.2) is 4.79 Å². The summed E-state index contributed by atoms with van der Waals surface area (Å²) in [7, 11) is 0. The van der Waals surface area contributed by atoms with Gasteiger partial charge in [0.1, 0.15) is 0 Å². The Bertz CT molecular complexity index is 212. The predicted molar refractivity (Wildman–Crippen MR) is 39.7 cm³/mol. The fourth-order valence-electron chi connectivity index (χ4n) is 0.494. The van der Waals surface area contributed by atoms with Crippen molar-refractivity contribution in [2.75, 3.05) is 0 Å². The number of aromatic nitrogens is 1. The molecular weight excluding hydrogens is 255 g/mol. The molecule has 1 aromatic heterocycles. The Hall–Kier alpha value is 0.191. The summed E-state index contributed by atoms with van der Waals surface area (Å²) in [6.45, 7) is 0. The second-order valence-corrected chi connectivity index (χ2v) is 1.54. The van der Waals surface area contributed by atoms with Crippen LogP contribution in [0.25, 0.3) is 0 Å². The first-order valence-corrected chi connectivity index (χ1v) is 2.44. The average Bonchev–Trinajstić information content (AvgIpc) is 1.90. The summed E-state index contributed by atoms with van der Waals surface area (Å²) < 4.78 is 0. The summed E-state index contributed by atoms with van der Waals surface area (Å²) in [6, 6.07) is 2.89. The summed E-state index contributed by atoms with van der Waals surface area (Å²) in [5, 5.41) is 8.36. The van der Waals surface area contributed by atoms with E-state index in [-0.39, 0.29) is 54.4 Å². The zero-order valence-electron chi connectivity index (χ0n) is 4.61. The van der Waals surface area contributed by atoms with Crippen molar-refractivity contribution in [1.29, 1.82) is 0 Å². The van der Waals surface area contributed by atoms with Crippen molar-refractivity contribution in [2.24, 2.45) is 0 Å². The molecule has 0 unspecified atom stereocenters. The average molecular weight is 262 g/mol. The van der Waals surface area contributed by atoms with Gasteiger partial charge in [-0.15, -0.1) is 0 Å². The van der Waals surface area contributed by atoms with Crippen LogP contribution in [0, 0.1) is 0 Å². The Balaban J connectivity index is 0.000000810. The first-order chi connectivity index (χ1) is 4.30. The van der Waals surface area contributed by atoms with Crippen LogP contribution >= 0.6 is 0 Å². The van der Waals surface area contributed by atoms with E-state index in [0.717, 1.165) is 0 Å². The van der Waals surface area contributed by atoms with Gasteiger partial charge in [0, 0.05) is 12.4 Å². The molecule has 0 saturated carbocycles. The third-order valence-corrected chi connectivity index (χ3v) is 0.927. The summed E-state index contributed by atoms with van der Waals surface area (Å²) in [6.07, 6.45) is 2.90. The first-order valence-electron chi connectivity index (χ1n) is 2.44. The zero-order chi connectivity index (χ0) is 6.69.